The quantitative estimate of drug-likeness (QED) is 0.228. The largest absolute Gasteiger partial charge is 0.493 e. The van der Waals surface area contributed by atoms with Gasteiger partial charge in [-0.15, -0.1) is 0 Å². The van der Waals surface area contributed by atoms with Gasteiger partial charge in [0.25, 0.3) is 0 Å². The third-order valence-electron chi connectivity index (χ3n) is 5.75. The summed E-state index contributed by atoms with van der Waals surface area (Å²) in [6.45, 7) is 0. The number of carbonyl (C=O) groups is 2. The Morgan fingerprint density at radius 2 is 0.816 bits per heavy atom. The smallest absolute Gasteiger partial charge is 0.203 e. The second-order valence-electron chi connectivity index (χ2n) is 7.82. The highest BCUT2D eigenvalue weighted by Crippen LogP contribution is 2.41. The molecule has 0 atom stereocenters. The number of ether oxygens (including phenoxy) is 6. The predicted octanol–water partition coefficient (Wildman–Crippen LogP) is 5.53. The van der Waals surface area contributed by atoms with Crippen molar-refractivity contribution < 1.29 is 38.0 Å². The van der Waals surface area contributed by atoms with Crippen LogP contribution in [0, 0.1) is 0 Å². The van der Waals surface area contributed by atoms with E-state index < -0.39 is 0 Å². The highest BCUT2D eigenvalue weighted by Gasteiger charge is 2.16. The van der Waals surface area contributed by atoms with Crippen LogP contribution in [0.2, 0.25) is 0 Å². The fraction of sp³-hybridized carbons (Fsp3) is 0.200. The summed E-state index contributed by atoms with van der Waals surface area (Å²) in [5.74, 6) is 2.36. The molecule has 0 spiro atoms. The monoisotopic (exact) mass is 518 g/mol. The average Bonchev–Trinajstić information content (AvgIpc) is 2.97. The predicted molar refractivity (Wildman–Crippen MR) is 145 cm³/mol. The zero-order valence-corrected chi connectivity index (χ0v) is 22.2. The summed E-state index contributed by atoms with van der Waals surface area (Å²) in [4.78, 5) is 25.5. The van der Waals surface area contributed by atoms with Gasteiger partial charge in [0.15, 0.2) is 34.6 Å². The van der Waals surface area contributed by atoms with Gasteiger partial charge in [-0.1, -0.05) is 24.3 Å². The van der Waals surface area contributed by atoms with Crippen molar-refractivity contribution in [3.05, 3.63) is 82.9 Å². The fourth-order valence-electron chi connectivity index (χ4n) is 3.83. The number of allylic oxidation sites excluding steroid dienone is 2. The first kappa shape index (κ1) is 27.9. The van der Waals surface area contributed by atoms with Crippen LogP contribution in [-0.4, -0.2) is 54.2 Å². The van der Waals surface area contributed by atoms with Crippen molar-refractivity contribution in [2.75, 3.05) is 42.7 Å². The van der Waals surface area contributed by atoms with Gasteiger partial charge in [-0.05, 0) is 48.6 Å². The molecule has 198 valence electrons. The Bertz CT molecular complexity index is 1250. The Morgan fingerprint density at radius 1 is 0.474 bits per heavy atom. The van der Waals surface area contributed by atoms with Gasteiger partial charge in [0, 0.05) is 22.3 Å². The second kappa shape index (κ2) is 13.0. The van der Waals surface area contributed by atoms with Gasteiger partial charge >= 0.3 is 0 Å². The lowest BCUT2D eigenvalue weighted by Gasteiger charge is -2.14. The summed E-state index contributed by atoms with van der Waals surface area (Å²) in [7, 11) is 9.13. The van der Waals surface area contributed by atoms with E-state index in [0.717, 1.165) is 0 Å². The van der Waals surface area contributed by atoms with Crippen LogP contribution in [0.4, 0.5) is 0 Å². The van der Waals surface area contributed by atoms with Crippen LogP contribution in [0.25, 0.3) is 12.2 Å². The molecule has 0 unspecified atom stereocenters. The maximum Gasteiger partial charge on any atom is 0.203 e. The number of benzene rings is 3. The van der Waals surface area contributed by atoms with Crippen LogP contribution in [0.3, 0.4) is 0 Å². The molecular formula is C30H30O8. The minimum absolute atomic E-state index is 0.230. The van der Waals surface area contributed by atoms with Gasteiger partial charge in [-0.25, -0.2) is 0 Å². The molecule has 8 nitrogen and oxygen atoms in total. The van der Waals surface area contributed by atoms with E-state index >= 15 is 0 Å². The standard InChI is InChI=1S/C30H30O8/c1-33-25-17-13-21(27(35-3)29(25)37-5)11-15-23(31)19-7-9-20(10-8-19)24(32)16-12-22-14-18-26(34-2)30(38-6)28(22)36-4/h7-18H,1-6H3/b15-11+,16-12+. The number of rotatable bonds is 12. The zero-order chi connectivity index (χ0) is 27.7. The van der Waals surface area contributed by atoms with Crippen molar-refractivity contribution in [1.82, 2.24) is 0 Å². The van der Waals surface area contributed by atoms with Gasteiger partial charge in [-0.3, -0.25) is 9.59 Å². The molecular weight excluding hydrogens is 488 g/mol. The molecule has 0 aliphatic heterocycles. The van der Waals surface area contributed by atoms with E-state index in [1.165, 1.54) is 54.8 Å². The van der Waals surface area contributed by atoms with E-state index in [9.17, 15) is 9.59 Å². The number of hydrogen-bond acceptors (Lipinski definition) is 8. The van der Waals surface area contributed by atoms with Crippen LogP contribution >= 0.6 is 0 Å². The van der Waals surface area contributed by atoms with Gasteiger partial charge in [-0.2, -0.15) is 0 Å². The van der Waals surface area contributed by atoms with E-state index in [4.69, 9.17) is 28.4 Å². The molecule has 0 fully saturated rings. The molecule has 3 rings (SSSR count). The SMILES string of the molecule is COc1ccc(/C=C/C(=O)c2ccc(C(=O)/C=C/c3ccc(OC)c(OC)c3OC)cc2)c(OC)c1OC. The minimum atomic E-state index is -0.230. The first-order chi connectivity index (χ1) is 18.4. The minimum Gasteiger partial charge on any atom is -0.493 e. The van der Waals surface area contributed by atoms with Crippen molar-refractivity contribution in [3.8, 4) is 34.5 Å². The Morgan fingerprint density at radius 3 is 1.11 bits per heavy atom. The number of methoxy groups -OCH3 is 6. The van der Waals surface area contributed by atoms with Crippen molar-refractivity contribution in [1.29, 1.82) is 0 Å². The van der Waals surface area contributed by atoms with Crippen molar-refractivity contribution in [2.24, 2.45) is 0 Å². The third-order valence-corrected chi connectivity index (χ3v) is 5.75. The summed E-state index contributed by atoms with van der Waals surface area (Å²) >= 11 is 0. The van der Waals surface area contributed by atoms with Crippen LogP contribution < -0.4 is 28.4 Å². The molecule has 0 aliphatic carbocycles. The molecule has 8 heteroatoms. The molecule has 0 N–H and O–H groups in total. The molecule has 0 heterocycles. The Balaban J connectivity index is 1.76. The maximum absolute atomic E-state index is 12.8. The summed E-state index contributed by atoms with van der Waals surface area (Å²) in [5, 5.41) is 0. The van der Waals surface area contributed by atoms with Gasteiger partial charge in [0.2, 0.25) is 11.5 Å². The molecule has 0 saturated heterocycles. The fourth-order valence-corrected chi connectivity index (χ4v) is 3.83. The Labute approximate surface area is 222 Å². The highest BCUT2D eigenvalue weighted by molar-refractivity contribution is 6.09. The van der Waals surface area contributed by atoms with Crippen LogP contribution in [0.1, 0.15) is 31.8 Å². The van der Waals surface area contributed by atoms with Crippen LogP contribution in [0.5, 0.6) is 34.5 Å². The van der Waals surface area contributed by atoms with E-state index in [-0.39, 0.29) is 11.6 Å². The van der Waals surface area contributed by atoms with Gasteiger partial charge in [0.1, 0.15) is 0 Å². The van der Waals surface area contributed by atoms with E-state index in [2.05, 4.69) is 0 Å². The lowest BCUT2D eigenvalue weighted by atomic mass is 10.0. The Kier molecular flexibility index (Phi) is 9.54. The molecule has 0 radical (unpaired) electrons. The average molecular weight is 519 g/mol. The number of carbonyl (C=O) groups excluding carboxylic acids is 2. The first-order valence-corrected chi connectivity index (χ1v) is 11.5. The highest BCUT2D eigenvalue weighted by atomic mass is 16.5. The summed E-state index contributed by atoms with van der Waals surface area (Å²) in [6, 6.07) is 13.4. The first-order valence-electron chi connectivity index (χ1n) is 11.5. The summed E-state index contributed by atoms with van der Waals surface area (Å²) < 4.78 is 32.2. The molecule has 3 aromatic rings. The second-order valence-corrected chi connectivity index (χ2v) is 7.82. The van der Waals surface area contributed by atoms with E-state index in [1.807, 2.05) is 0 Å². The maximum atomic E-state index is 12.8. The van der Waals surface area contributed by atoms with Gasteiger partial charge in [0.05, 0.1) is 42.7 Å². The molecule has 0 amide bonds. The normalized spacial score (nSPS) is 10.9. The van der Waals surface area contributed by atoms with Crippen LogP contribution in [-0.2, 0) is 0 Å². The number of ketones is 2. The molecule has 3 aromatic carbocycles. The lowest BCUT2D eigenvalue weighted by molar-refractivity contribution is 0.103. The third kappa shape index (κ3) is 5.98. The lowest BCUT2D eigenvalue weighted by Crippen LogP contribution is -1.99. The molecule has 0 aliphatic rings. The van der Waals surface area contributed by atoms with Crippen molar-refractivity contribution in [2.45, 2.75) is 0 Å². The molecule has 0 aromatic heterocycles. The van der Waals surface area contributed by atoms with Crippen LogP contribution in [0.15, 0.2) is 60.7 Å². The molecule has 0 bridgehead atoms. The number of hydrogen-bond donors (Lipinski definition) is 0. The topological polar surface area (TPSA) is 89.5 Å². The van der Waals surface area contributed by atoms with Crippen molar-refractivity contribution >= 4 is 23.7 Å². The van der Waals surface area contributed by atoms with Gasteiger partial charge < -0.3 is 28.4 Å². The van der Waals surface area contributed by atoms with E-state index in [1.54, 1.807) is 60.7 Å². The Hall–Kier alpha value is -4.72. The van der Waals surface area contributed by atoms with Crippen molar-refractivity contribution in [3.63, 3.8) is 0 Å². The van der Waals surface area contributed by atoms with E-state index in [0.29, 0.717) is 56.8 Å². The summed E-state index contributed by atoms with van der Waals surface area (Å²) in [6.07, 6.45) is 6.15. The molecule has 38 heavy (non-hydrogen) atoms. The molecule has 0 saturated carbocycles. The summed E-state index contributed by atoms with van der Waals surface area (Å²) in [5.41, 5.74) is 2.17. The zero-order valence-electron chi connectivity index (χ0n) is 22.2.